The number of nitrogens with zero attached hydrogens (tertiary/aromatic N) is 3. The molecule has 3 aromatic rings. The molecule has 5 rings (SSSR count). The van der Waals surface area contributed by atoms with E-state index in [9.17, 15) is 0 Å². The molecule has 1 saturated heterocycles. The van der Waals surface area contributed by atoms with Gasteiger partial charge in [0.2, 0.25) is 18.6 Å². The molecule has 0 unspecified atom stereocenters. The zero-order valence-electron chi connectivity index (χ0n) is 14.1. The largest absolute Gasteiger partial charge is 0.454 e. The minimum absolute atomic E-state index is 0.252. The van der Waals surface area contributed by atoms with Crippen molar-refractivity contribution < 1.29 is 18.6 Å². The van der Waals surface area contributed by atoms with Crippen LogP contribution < -0.4 is 9.47 Å². The molecule has 0 spiro atoms. The molecular weight excluding hydrogens is 334 g/mol. The summed E-state index contributed by atoms with van der Waals surface area (Å²) in [7, 11) is 0. The molecule has 26 heavy (non-hydrogen) atoms. The molecule has 0 N–H and O–H groups in total. The minimum atomic E-state index is -0.391. The Kier molecular flexibility index (Phi) is 3.60. The lowest BCUT2D eigenvalue weighted by molar-refractivity contribution is 0.0545. The van der Waals surface area contributed by atoms with Gasteiger partial charge in [-0.1, -0.05) is 6.07 Å². The SMILES string of the molecule is c1cc(-c2nnc(C3(c4ccc5c(c4)OCO5)CCOCC3)o2)ccn1. The van der Waals surface area contributed by atoms with Crippen LogP contribution in [0.1, 0.15) is 24.3 Å². The summed E-state index contributed by atoms with van der Waals surface area (Å²) in [5, 5.41) is 8.66. The monoisotopic (exact) mass is 351 g/mol. The van der Waals surface area contributed by atoms with Crippen LogP contribution >= 0.6 is 0 Å². The molecule has 0 atom stereocenters. The summed E-state index contributed by atoms with van der Waals surface area (Å²) in [6, 6.07) is 9.72. The molecule has 7 heteroatoms. The van der Waals surface area contributed by atoms with E-state index in [-0.39, 0.29) is 6.79 Å². The second-order valence-electron chi connectivity index (χ2n) is 6.41. The van der Waals surface area contributed by atoms with E-state index in [1.807, 2.05) is 24.3 Å². The van der Waals surface area contributed by atoms with E-state index in [2.05, 4.69) is 21.2 Å². The lowest BCUT2D eigenvalue weighted by Crippen LogP contribution is -2.35. The second kappa shape index (κ2) is 6.10. The van der Waals surface area contributed by atoms with E-state index in [0.717, 1.165) is 35.5 Å². The van der Waals surface area contributed by atoms with E-state index in [4.69, 9.17) is 18.6 Å². The van der Waals surface area contributed by atoms with E-state index < -0.39 is 5.41 Å². The molecule has 0 saturated carbocycles. The number of benzene rings is 1. The van der Waals surface area contributed by atoms with Gasteiger partial charge in [0.15, 0.2) is 11.5 Å². The third kappa shape index (κ3) is 2.43. The number of fused-ring (bicyclic) bond motifs is 1. The first-order valence-corrected chi connectivity index (χ1v) is 8.57. The molecule has 0 radical (unpaired) electrons. The van der Waals surface area contributed by atoms with Crippen molar-refractivity contribution in [2.45, 2.75) is 18.3 Å². The van der Waals surface area contributed by atoms with Crippen LogP contribution in [-0.2, 0) is 10.2 Å². The normalized spacial score (nSPS) is 18.0. The fourth-order valence-electron chi connectivity index (χ4n) is 3.57. The molecule has 2 aliphatic rings. The Morgan fingerprint density at radius 1 is 0.885 bits per heavy atom. The number of rotatable bonds is 3. The summed E-state index contributed by atoms with van der Waals surface area (Å²) in [4.78, 5) is 4.03. The average molecular weight is 351 g/mol. The molecular formula is C19H17N3O4. The Labute approximate surface area is 149 Å². The highest BCUT2D eigenvalue weighted by Crippen LogP contribution is 2.44. The van der Waals surface area contributed by atoms with Crippen molar-refractivity contribution in [3.63, 3.8) is 0 Å². The second-order valence-corrected chi connectivity index (χ2v) is 6.41. The minimum Gasteiger partial charge on any atom is -0.454 e. The lowest BCUT2D eigenvalue weighted by atomic mass is 9.74. The van der Waals surface area contributed by atoms with Gasteiger partial charge in [0.05, 0.1) is 5.41 Å². The first kappa shape index (κ1) is 15.3. The van der Waals surface area contributed by atoms with Crippen LogP contribution in [0.2, 0.25) is 0 Å². The highest BCUT2D eigenvalue weighted by atomic mass is 16.7. The van der Waals surface area contributed by atoms with E-state index in [1.165, 1.54) is 0 Å². The van der Waals surface area contributed by atoms with Gasteiger partial charge in [0.25, 0.3) is 0 Å². The van der Waals surface area contributed by atoms with Crippen LogP contribution in [-0.4, -0.2) is 35.2 Å². The molecule has 7 nitrogen and oxygen atoms in total. The fraction of sp³-hybridized carbons (Fsp3) is 0.316. The van der Waals surface area contributed by atoms with Crippen LogP contribution in [0.3, 0.4) is 0 Å². The predicted octanol–water partition coefficient (Wildman–Crippen LogP) is 2.96. The van der Waals surface area contributed by atoms with Gasteiger partial charge in [0.1, 0.15) is 0 Å². The quantitative estimate of drug-likeness (QED) is 0.718. The van der Waals surface area contributed by atoms with E-state index in [0.29, 0.717) is 25.0 Å². The first-order chi connectivity index (χ1) is 12.9. The van der Waals surface area contributed by atoms with Gasteiger partial charge in [0, 0.05) is 31.2 Å². The van der Waals surface area contributed by atoms with E-state index in [1.54, 1.807) is 12.4 Å². The molecule has 1 aromatic carbocycles. The number of ether oxygens (including phenoxy) is 3. The van der Waals surface area contributed by atoms with Gasteiger partial charge in [-0.15, -0.1) is 10.2 Å². The number of aromatic nitrogens is 3. The molecule has 2 aliphatic heterocycles. The van der Waals surface area contributed by atoms with Crippen LogP contribution in [0.25, 0.3) is 11.5 Å². The number of pyridine rings is 1. The maximum absolute atomic E-state index is 6.11. The van der Waals surface area contributed by atoms with Gasteiger partial charge < -0.3 is 18.6 Å². The van der Waals surface area contributed by atoms with Crippen molar-refractivity contribution in [1.29, 1.82) is 0 Å². The van der Waals surface area contributed by atoms with Gasteiger partial charge in [-0.25, -0.2) is 0 Å². The topological polar surface area (TPSA) is 79.5 Å². The zero-order chi connectivity index (χ0) is 17.4. The van der Waals surface area contributed by atoms with Crippen molar-refractivity contribution in [3.8, 4) is 23.0 Å². The summed E-state index contributed by atoms with van der Waals surface area (Å²) in [5.74, 6) is 2.61. The number of hydrogen-bond acceptors (Lipinski definition) is 7. The van der Waals surface area contributed by atoms with Crippen molar-refractivity contribution >= 4 is 0 Å². The van der Waals surface area contributed by atoms with Gasteiger partial charge in [-0.3, -0.25) is 4.98 Å². The van der Waals surface area contributed by atoms with Crippen LogP contribution in [0.4, 0.5) is 0 Å². The average Bonchev–Trinajstić information content (AvgIpc) is 3.38. The Balaban J connectivity index is 1.59. The zero-order valence-corrected chi connectivity index (χ0v) is 14.1. The Morgan fingerprint density at radius 3 is 2.54 bits per heavy atom. The molecule has 2 aromatic heterocycles. The maximum Gasteiger partial charge on any atom is 0.247 e. The highest BCUT2D eigenvalue weighted by molar-refractivity contribution is 5.52. The van der Waals surface area contributed by atoms with Gasteiger partial charge >= 0.3 is 0 Å². The summed E-state index contributed by atoms with van der Waals surface area (Å²) in [6.45, 7) is 1.53. The van der Waals surface area contributed by atoms with Crippen LogP contribution in [0, 0.1) is 0 Å². The first-order valence-electron chi connectivity index (χ1n) is 8.57. The predicted molar refractivity (Wildman–Crippen MR) is 90.9 cm³/mol. The third-order valence-electron chi connectivity index (χ3n) is 5.03. The van der Waals surface area contributed by atoms with E-state index >= 15 is 0 Å². The fourth-order valence-corrected chi connectivity index (χ4v) is 3.57. The molecule has 132 valence electrons. The molecule has 1 fully saturated rings. The smallest absolute Gasteiger partial charge is 0.247 e. The Hall–Kier alpha value is -2.93. The molecule has 0 amide bonds. The van der Waals surface area contributed by atoms with Crippen molar-refractivity contribution in [2.24, 2.45) is 0 Å². The maximum atomic E-state index is 6.11. The Morgan fingerprint density at radius 2 is 1.69 bits per heavy atom. The molecule has 0 aliphatic carbocycles. The van der Waals surface area contributed by atoms with Crippen molar-refractivity contribution in [1.82, 2.24) is 15.2 Å². The van der Waals surface area contributed by atoms with Crippen molar-refractivity contribution in [3.05, 3.63) is 54.2 Å². The highest BCUT2D eigenvalue weighted by Gasteiger charge is 2.42. The third-order valence-corrected chi connectivity index (χ3v) is 5.03. The molecule has 4 heterocycles. The summed E-state index contributed by atoms with van der Waals surface area (Å²) >= 11 is 0. The van der Waals surface area contributed by atoms with Crippen LogP contribution in [0.15, 0.2) is 47.1 Å². The summed E-state index contributed by atoms with van der Waals surface area (Å²) in [5.41, 5.74) is 1.54. The van der Waals surface area contributed by atoms with Crippen LogP contribution in [0.5, 0.6) is 11.5 Å². The van der Waals surface area contributed by atoms with Gasteiger partial charge in [-0.2, -0.15) is 0 Å². The standard InChI is InChI=1S/C19H17N3O4/c1-2-15-16(25-12-24-15)11-14(1)19(5-9-23-10-6-19)18-22-21-17(26-18)13-3-7-20-8-4-13/h1-4,7-8,11H,5-6,9-10,12H2. The summed E-state index contributed by atoms with van der Waals surface area (Å²) < 4.78 is 22.7. The summed E-state index contributed by atoms with van der Waals surface area (Å²) in [6.07, 6.45) is 4.96. The van der Waals surface area contributed by atoms with Crippen molar-refractivity contribution in [2.75, 3.05) is 20.0 Å². The molecule has 0 bridgehead atoms. The number of hydrogen-bond donors (Lipinski definition) is 0. The Bertz CT molecular complexity index is 920. The lowest BCUT2D eigenvalue weighted by Gasteiger charge is -2.34. The van der Waals surface area contributed by atoms with Gasteiger partial charge in [-0.05, 0) is 42.7 Å².